The number of carbonyl (C=O) groups is 1. The number of fused-ring (bicyclic) bond motifs is 1. The second-order valence-electron chi connectivity index (χ2n) is 6.57. The van der Waals surface area contributed by atoms with Crippen molar-refractivity contribution in [2.24, 2.45) is 0 Å². The molecule has 1 amide bonds. The number of nitrogens with zero attached hydrogens (tertiary/aromatic N) is 5. The number of nitrogens with one attached hydrogen (secondary N) is 2. The lowest BCUT2D eigenvalue weighted by Gasteiger charge is -2.11. The van der Waals surface area contributed by atoms with Crippen molar-refractivity contribution in [3.63, 3.8) is 0 Å². The van der Waals surface area contributed by atoms with E-state index in [2.05, 4.69) is 41.7 Å². The SMILES string of the molecule is O=C(NNc1ncnc(Oc2ccc(Br)c3cccnc23)c1[N+](=O)[O-])c1cccc([N+](=O)[O-])c1. The van der Waals surface area contributed by atoms with Crippen LogP contribution >= 0.6 is 15.9 Å². The molecule has 4 aromatic rings. The van der Waals surface area contributed by atoms with E-state index in [1.165, 1.54) is 18.2 Å². The summed E-state index contributed by atoms with van der Waals surface area (Å²) in [6.07, 6.45) is 2.56. The summed E-state index contributed by atoms with van der Waals surface area (Å²) in [5.74, 6) is -1.31. The van der Waals surface area contributed by atoms with Crippen molar-refractivity contribution >= 4 is 49.9 Å². The number of pyridine rings is 1. The minimum Gasteiger partial charge on any atom is -0.431 e. The lowest BCUT2D eigenvalue weighted by Crippen LogP contribution is -2.30. The van der Waals surface area contributed by atoms with Crippen LogP contribution < -0.4 is 15.6 Å². The molecule has 0 spiro atoms. The highest BCUT2D eigenvalue weighted by Crippen LogP contribution is 2.37. The molecule has 0 radical (unpaired) electrons. The van der Waals surface area contributed by atoms with Gasteiger partial charge in [-0.1, -0.05) is 28.1 Å². The predicted molar refractivity (Wildman–Crippen MR) is 122 cm³/mol. The smallest absolute Gasteiger partial charge is 0.374 e. The molecule has 0 aliphatic rings. The maximum Gasteiger partial charge on any atom is 0.374 e. The molecule has 13 nitrogen and oxygen atoms in total. The van der Waals surface area contributed by atoms with Gasteiger partial charge in [-0.25, -0.2) is 4.98 Å². The zero-order valence-electron chi connectivity index (χ0n) is 16.8. The minimum atomic E-state index is -0.776. The summed E-state index contributed by atoms with van der Waals surface area (Å²) in [4.78, 5) is 45.6. The third kappa shape index (κ3) is 4.56. The van der Waals surface area contributed by atoms with Gasteiger partial charge in [0.2, 0.25) is 5.82 Å². The summed E-state index contributed by atoms with van der Waals surface area (Å²) < 4.78 is 6.47. The van der Waals surface area contributed by atoms with Gasteiger partial charge in [-0.2, -0.15) is 4.98 Å². The van der Waals surface area contributed by atoms with Crippen LogP contribution in [0.4, 0.5) is 17.2 Å². The molecule has 170 valence electrons. The van der Waals surface area contributed by atoms with E-state index in [9.17, 15) is 25.0 Å². The summed E-state index contributed by atoms with van der Waals surface area (Å²) in [6, 6.07) is 11.8. The molecule has 2 heterocycles. The molecule has 2 aromatic heterocycles. The van der Waals surface area contributed by atoms with E-state index in [4.69, 9.17) is 4.74 Å². The second kappa shape index (κ2) is 9.41. The van der Waals surface area contributed by atoms with Crippen molar-refractivity contribution < 1.29 is 19.4 Å². The largest absolute Gasteiger partial charge is 0.431 e. The Hall–Kier alpha value is -4.72. The number of hydrogen-bond donors (Lipinski definition) is 2. The van der Waals surface area contributed by atoms with Crippen LogP contribution in [0.1, 0.15) is 10.4 Å². The van der Waals surface area contributed by atoms with E-state index in [0.717, 1.165) is 22.3 Å². The lowest BCUT2D eigenvalue weighted by atomic mass is 10.2. The Morgan fingerprint density at radius 3 is 2.59 bits per heavy atom. The van der Waals surface area contributed by atoms with Crippen LogP contribution in [0.25, 0.3) is 10.9 Å². The first-order chi connectivity index (χ1) is 16.3. The van der Waals surface area contributed by atoms with Crippen molar-refractivity contribution in [3.8, 4) is 11.6 Å². The standard InChI is InChI=1S/C20H12BrN7O6/c21-14-6-7-15(16-13(14)5-2-8-22-16)34-20-17(28(32)33)18(23-10-24-20)25-26-19(29)11-3-1-4-12(9-11)27(30)31/h1-10H,(H,26,29)(H,23,24,25). The highest BCUT2D eigenvalue weighted by atomic mass is 79.9. The number of carbonyl (C=O) groups excluding carboxylic acids is 1. The molecule has 0 unspecified atom stereocenters. The quantitative estimate of drug-likeness (QED) is 0.263. The highest BCUT2D eigenvalue weighted by Gasteiger charge is 2.26. The minimum absolute atomic E-state index is 0.0395. The number of anilines is 1. The second-order valence-corrected chi connectivity index (χ2v) is 7.42. The number of halogens is 1. The van der Waals surface area contributed by atoms with Crippen molar-refractivity contribution in [2.45, 2.75) is 0 Å². The molecule has 14 heteroatoms. The van der Waals surface area contributed by atoms with Gasteiger partial charge in [0.25, 0.3) is 11.6 Å². The van der Waals surface area contributed by atoms with Gasteiger partial charge in [0.15, 0.2) is 5.75 Å². The van der Waals surface area contributed by atoms with Gasteiger partial charge in [-0.3, -0.25) is 40.9 Å². The zero-order valence-corrected chi connectivity index (χ0v) is 18.4. The van der Waals surface area contributed by atoms with Gasteiger partial charge in [0, 0.05) is 33.8 Å². The summed E-state index contributed by atoms with van der Waals surface area (Å²) in [5.41, 5.74) is 4.05. The number of hydrazine groups is 1. The topological polar surface area (TPSA) is 175 Å². The zero-order chi connectivity index (χ0) is 24.2. The fourth-order valence-corrected chi connectivity index (χ4v) is 3.39. The van der Waals surface area contributed by atoms with Crippen LogP contribution in [0.15, 0.2) is 65.5 Å². The van der Waals surface area contributed by atoms with Crippen molar-refractivity contribution in [2.75, 3.05) is 5.43 Å². The Morgan fingerprint density at radius 2 is 1.82 bits per heavy atom. The summed E-state index contributed by atoms with van der Waals surface area (Å²) in [6.45, 7) is 0. The first-order valence-corrected chi connectivity index (χ1v) is 10.2. The van der Waals surface area contributed by atoms with E-state index < -0.39 is 21.4 Å². The first kappa shape index (κ1) is 22.5. The Labute approximate surface area is 198 Å². The molecule has 2 aromatic carbocycles. The third-order valence-electron chi connectivity index (χ3n) is 4.47. The fourth-order valence-electron chi connectivity index (χ4n) is 2.94. The Kier molecular flexibility index (Phi) is 6.22. The van der Waals surface area contributed by atoms with Gasteiger partial charge >= 0.3 is 11.6 Å². The summed E-state index contributed by atoms with van der Waals surface area (Å²) in [7, 11) is 0. The number of non-ortho nitro benzene ring substituents is 1. The Bertz CT molecular complexity index is 1450. The molecule has 0 saturated heterocycles. The maximum atomic E-state index is 12.4. The Morgan fingerprint density at radius 1 is 1.00 bits per heavy atom. The molecule has 0 bridgehead atoms. The number of benzene rings is 2. The van der Waals surface area contributed by atoms with Gasteiger partial charge in [-0.05, 0) is 24.3 Å². The van der Waals surface area contributed by atoms with Crippen LogP contribution in [0.2, 0.25) is 0 Å². The summed E-state index contributed by atoms with van der Waals surface area (Å²) >= 11 is 3.41. The van der Waals surface area contributed by atoms with E-state index in [-0.39, 0.29) is 28.7 Å². The van der Waals surface area contributed by atoms with E-state index >= 15 is 0 Å². The molecule has 34 heavy (non-hydrogen) atoms. The van der Waals surface area contributed by atoms with Crippen LogP contribution in [0.3, 0.4) is 0 Å². The van der Waals surface area contributed by atoms with Crippen LogP contribution in [0.5, 0.6) is 11.6 Å². The number of hydrogen-bond acceptors (Lipinski definition) is 10. The number of nitro groups is 2. The average Bonchev–Trinajstić information content (AvgIpc) is 2.84. The average molecular weight is 526 g/mol. The van der Waals surface area contributed by atoms with Gasteiger partial charge < -0.3 is 4.74 Å². The lowest BCUT2D eigenvalue weighted by molar-refractivity contribution is -0.385. The van der Waals surface area contributed by atoms with Crippen LogP contribution in [-0.2, 0) is 0 Å². The molecule has 2 N–H and O–H groups in total. The highest BCUT2D eigenvalue weighted by molar-refractivity contribution is 9.10. The normalized spacial score (nSPS) is 10.5. The fraction of sp³-hybridized carbons (Fsp3) is 0. The van der Waals surface area contributed by atoms with Gasteiger partial charge in [0.05, 0.1) is 9.85 Å². The molecular formula is C20H12BrN7O6. The molecule has 0 aliphatic heterocycles. The van der Waals surface area contributed by atoms with Crippen LogP contribution in [-0.4, -0.2) is 30.7 Å². The number of ether oxygens (including phenoxy) is 1. The predicted octanol–water partition coefficient (Wildman–Crippen LogP) is 4.15. The number of nitro benzene ring substituents is 1. The maximum absolute atomic E-state index is 12.4. The first-order valence-electron chi connectivity index (χ1n) is 9.36. The van der Waals surface area contributed by atoms with E-state index in [1.807, 2.05) is 0 Å². The molecule has 4 rings (SSSR count). The Balaban J connectivity index is 1.62. The van der Waals surface area contributed by atoms with Gasteiger partial charge in [0.1, 0.15) is 11.8 Å². The molecule has 0 fully saturated rings. The molecule has 0 saturated carbocycles. The molecule has 0 aliphatic carbocycles. The number of amides is 1. The van der Waals surface area contributed by atoms with Crippen LogP contribution in [0, 0.1) is 20.2 Å². The van der Waals surface area contributed by atoms with Crippen molar-refractivity contribution in [1.82, 2.24) is 20.4 Å². The number of aromatic nitrogens is 3. The summed E-state index contributed by atoms with van der Waals surface area (Å²) in [5, 5.41) is 23.4. The third-order valence-corrected chi connectivity index (χ3v) is 5.16. The number of rotatable bonds is 7. The van der Waals surface area contributed by atoms with Gasteiger partial charge in [-0.15, -0.1) is 0 Å². The molecule has 0 atom stereocenters. The molecular weight excluding hydrogens is 514 g/mol. The van der Waals surface area contributed by atoms with Crippen molar-refractivity contribution in [1.29, 1.82) is 0 Å². The monoisotopic (exact) mass is 525 g/mol. The van der Waals surface area contributed by atoms with E-state index in [1.54, 1.807) is 30.5 Å². The van der Waals surface area contributed by atoms with E-state index in [0.29, 0.717) is 5.52 Å². The van der Waals surface area contributed by atoms with Crippen molar-refractivity contribution in [3.05, 3.63) is 91.3 Å².